The van der Waals surface area contributed by atoms with Crippen LogP contribution in [0, 0.1) is 0 Å². The monoisotopic (exact) mass is 352 g/mol. The van der Waals surface area contributed by atoms with E-state index < -0.39 is 0 Å². The Morgan fingerprint density at radius 3 is 2.32 bits per heavy atom. The molecule has 0 radical (unpaired) electrons. The number of anilines is 2. The molecule has 0 N–H and O–H groups in total. The lowest BCUT2D eigenvalue weighted by molar-refractivity contribution is 0.644. The van der Waals surface area contributed by atoms with Crippen LogP contribution in [0.15, 0.2) is 30.3 Å². The number of rotatable bonds is 2. The summed E-state index contributed by atoms with van der Waals surface area (Å²) in [5.41, 5.74) is 0.864. The lowest BCUT2D eigenvalue weighted by atomic mass is 10.2. The van der Waals surface area contributed by atoms with Crippen molar-refractivity contribution in [3.63, 3.8) is 0 Å². The van der Waals surface area contributed by atoms with Crippen molar-refractivity contribution in [1.29, 1.82) is 0 Å². The summed E-state index contributed by atoms with van der Waals surface area (Å²) in [6.45, 7) is 3.56. The fourth-order valence-corrected chi connectivity index (χ4v) is 4.09. The molecular formula is C16H16N8S. The quantitative estimate of drug-likeness (QED) is 0.543. The van der Waals surface area contributed by atoms with Crippen LogP contribution in [0.2, 0.25) is 0 Å². The normalized spacial score (nSPS) is 15.4. The fourth-order valence-electron chi connectivity index (χ4n) is 3.36. The molecule has 1 aliphatic heterocycles. The molecule has 5 heterocycles. The highest BCUT2D eigenvalue weighted by atomic mass is 32.1. The molecule has 8 nitrogen and oxygen atoms in total. The van der Waals surface area contributed by atoms with Crippen LogP contribution in [0.5, 0.6) is 0 Å². The molecule has 25 heavy (non-hydrogen) atoms. The van der Waals surface area contributed by atoms with Crippen molar-refractivity contribution in [3.8, 4) is 0 Å². The second-order valence-corrected chi connectivity index (χ2v) is 6.91. The van der Waals surface area contributed by atoms with E-state index in [2.05, 4.69) is 46.3 Å². The number of thiophene rings is 1. The molecule has 9 heteroatoms. The average Bonchev–Trinajstić information content (AvgIpc) is 3.28. The summed E-state index contributed by atoms with van der Waals surface area (Å²) in [6, 6.07) is 2.10. The van der Waals surface area contributed by atoms with Crippen LogP contribution in [0.1, 0.15) is 0 Å². The highest BCUT2D eigenvalue weighted by molar-refractivity contribution is 7.16. The molecular weight excluding hydrogens is 336 g/mol. The van der Waals surface area contributed by atoms with E-state index >= 15 is 0 Å². The molecule has 4 aromatic heterocycles. The van der Waals surface area contributed by atoms with Gasteiger partial charge in [-0.25, -0.2) is 19.9 Å². The summed E-state index contributed by atoms with van der Waals surface area (Å²) in [7, 11) is 1.90. The molecule has 0 atom stereocenters. The van der Waals surface area contributed by atoms with Gasteiger partial charge in [0.15, 0.2) is 5.65 Å². The smallest absolute Gasteiger partial charge is 0.163 e. The van der Waals surface area contributed by atoms with Crippen LogP contribution in [0.3, 0.4) is 0 Å². The number of piperazine rings is 1. The number of aryl methyl sites for hydroxylation is 1. The van der Waals surface area contributed by atoms with Crippen molar-refractivity contribution in [2.24, 2.45) is 7.05 Å². The Kier molecular flexibility index (Phi) is 3.27. The van der Waals surface area contributed by atoms with Crippen LogP contribution in [-0.4, -0.2) is 55.9 Å². The molecule has 0 aromatic carbocycles. The van der Waals surface area contributed by atoms with Gasteiger partial charge in [0.25, 0.3) is 0 Å². The molecule has 0 saturated carbocycles. The predicted octanol–water partition coefficient (Wildman–Crippen LogP) is 1.69. The van der Waals surface area contributed by atoms with Crippen molar-refractivity contribution in [2.45, 2.75) is 0 Å². The minimum absolute atomic E-state index is 0.864. The summed E-state index contributed by atoms with van der Waals surface area (Å²) < 4.78 is 1.78. The van der Waals surface area contributed by atoms with E-state index in [0.29, 0.717) is 0 Å². The van der Waals surface area contributed by atoms with E-state index in [1.54, 1.807) is 28.7 Å². The van der Waals surface area contributed by atoms with Gasteiger partial charge in [-0.3, -0.25) is 4.68 Å². The van der Waals surface area contributed by atoms with Crippen molar-refractivity contribution in [2.75, 3.05) is 36.0 Å². The second-order valence-electron chi connectivity index (χ2n) is 6.01. The number of nitrogens with zero attached hydrogens (tertiary/aromatic N) is 8. The van der Waals surface area contributed by atoms with Crippen LogP contribution in [0.4, 0.5) is 11.6 Å². The highest BCUT2D eigenvalue weighted by Gasteiger charge is 2.23. The number of hydrogen-bond acceptors (Lipinski definition) is 8. The zero-order valence-electron chi connectivity index (χ0n) is 13.7. The van der Waals surface area contributed by atoms with Crippen molar-refractivity contribution < 1.29 is 0 Å². The van der Waals surface area contributed by atoms with Crippen molar-refractivity contribution in [1.82, 2.24) is 29.7 Å². The molecule has 1 saturated heterocycles. The van der Waals surface area contributed by atoms with Gasteiger partial charge in [0.2, 0.25) is 0 Å². The van der Waals surface area contributed by atoms with E-state index in [-0.39, 0.29) is 0 Å². The first-order valence-corrected chi connectivity index (χ1v) is 9.00. The number of aromatic nitrogens is 6. The summed E-state index contributed by atoms with van der Waals surface area (Å²) in [5, 5.41) is 8.51. The van der Waals surface area contributed by atoms with Gasteiger partial charge < -0.3 is 9.80 Å². The van der Waals surface area contributed by atoms with Gasteiger partial charge in [0.1, 0.15) is 29.1 Å². The van der Waals surface area contributed by atoms with Crippen LogP contribution < -0.4 is 9.80 Å². The number of hydrogen-bond donors (Lipinski definition) is 0. The van der Waals surface area contributed by atoms with Crippen molar-refractivity contribution in [3.05, 3.63) is 30.3 Å². The fraction of sp³-hybridized carbons (Fsp3) is 0.312. The molecule has 126 valence electrons. The van der Waals surface area contributed by atoms with Gasteiger partial charge in [-0.15, -0.1) is 11.3 Å². The Balaban J connectivity index is 1.42. The SMILES string of the molecule is Cn1ncc2c(N3CCN(c4ncnc5sccc45)CC3)ncnc21. The Hall–Kier alpha value is -2.81. The molecule has 0 bridgehead atoms. The van der Waals surface area contributed by atoms with Gasteiger partial charge in [0, 0.05) is 33.2 Å². The third-order valence-corrected chi connectivity index (χ3v) is 5.45. The second kappa shape index (κ2) is 5.62. The largest absolute Gasteiger partial charge is 0.352 e. The predicted molar refractivity (Wildman–Crippen MR) is 98.1 cm³/mol. The zero-order valence-corrected chi connectivity index (χ0v) is 14.5. The third kappa shape index (κ3) is 2.30. The summed E-state index contributed by atoms with van der Waals surface area (Å²) in [5.74, 6) is 1.99. The molecule has 4 aromatic rings. The Bertz CT molecular complexity index is 1050. The van der Waals surface area contributed by atoms with Gasteiger partial charge in [-0.2, -0.15) is 5.10 Å². The topological polar surface area (TPSA) is 75.9 Å². The number of fused-ring (bicyclic) bond motifs is 2. The molecule has 0 spiro atoms. The van der Waals surface area contributed by atoms with Gasteiger partial charge >= 0.3 is 0 Å². The maximum Gasteiger partial charge on any atom is 0.163 e. The van der Waals surface area contributed by atoms with Gasteiger partial charge in [-0.1, -0.05) is 0 Å². The summed E-state index contributed by atoms with van der Waals surface area (Å²) in [6.07, 6.45) is 5.12. The first kappa shape index (κ1) is 14.5. The Labute approximate surface area is 147 Å². The maximum atomic E-state index is 4.52. The highest BCUT2D eigenvalue weighted by Crippen LogP contribution is 2.29. The zero-order chi connectivity index (χ0) is 16.8. The van der Waals surface area contributed by atoms with Crippen molar-refractivity contribution >= 4 is 44.2 Å². The van der Waals surface area contributed by atoms with Crippen LogP contribution in [-0.2, 0) is 7.05 Å². The lowest BCUT2D eigenvalue weighted by Crippen LogP contribution is -2.47. The molecule has 0 amide bonds. The average molecular weight is 352 g/mol. The lowest BCUT2D eigenvalue weighted by Gasteiger charge is -2.36. The summed E-state index contributed by atoms with van der Waals surface area (Å²) >= 11 is 1.65. The van der Waals surface area contributed by atoms with E-state index in [9.17, 15) is 0 Å². The van der Waals surface area contributed by atoms with E-state index in [1.165, 1.54) is 0 Å². The first-order valence-electron chi connectivity index (χ1n) is 8.12. The molecule has 1 fully saturated rings. The molecule has 5 rings (SSSR count). The molecule has 1 aliphatic rings. The minimum atomic E-state index is 0.864. The standard InChI is InChI=1S/C16H16N8S/c1-22-13-12(8-21-22)15(18-9-17-13)24-5-3-23(4-6-24)14-11-2-7-25-16(11)20-10-19-14/h2,7-10H,3-6H2,1H3. The maximum absolute atomic E-state index is 4.52. The Morgan fingerprint density at radius 2 is 1.56 bits per heavy atom. The van der Waals surface area contributed by atoms with Crippen LogP contribution in [0.25, 0.3) is 21.3 Å². The van der Waals surface area contributed by atoms with Gasteiger partial charge in [0.05, 0.1) is 17.0 Å². The molecule has 0 aliphatic carbocycles. The summed E-state index contributed by atoms with van der Waals surface area (Å²) in [4.78, 5) is 23.4. The Morgan fingerprint density at radius 1 is 0.880 bits per heavy atom. The first-order chi connectivity index (χ1) is 12.3. The third-order valence-electron chi connectivity index (χ3n) is 4.63. The molecule has 0 unspecified atom stereocenters. The minimum Gasteiger partial charge on any atom is -0.352 e. The van der Waals surface area contributed by atoms with E-state index in [4.69, 9.17) is 0 Å². The van der Waals surface area contributed by atoms with Gasteiger partial charge in [-0.05, 0) is 11.4 Å². The van der Waals surface area contributed by atoms with E-state index in [0.717, 1.165) is 59.1 Å². The van der Waals surface area contributed by atoms with E-state index in [1.807, 2.05) is 13.2 Å². The van der Waals surface area contributed by atoms with Crippen LogP contribution >= 0.6 is 11.3 Å².